The second-order valence-electron chi connectivity index (χ2n) is 5.76. The Morgan fingerprint density at radius 2 is 1.86 bits per heavy atom. The van der Waals surface area contributed by atoms with E-state index in [0.29, 0.717) is 18.0 Å². The van der Waals surface area contributed by atoms with E-state index in [1.807, 2.05) is 0 Å². The van der Waals surface area contributed by atoms with Crippen molar-refractivity contribution >= 4 is 35.2 Å². The van der Waals surface area contributed by atoms with E-state index in [9.17, 15) is 18.8 Å². The number of halogens is 1. The van der Waals surface area contributed by atoms with Crippen molar-refractivity contribution in [1.82, 2.24) is 5.32 Å². The molecule has 0 aliphatic carbocycles. The quantitative estimate of drug-likeness (QED) is 0.348. The number of ether oxygens (including phenoxy) is 2. The molecule has 0 radical (unpaired) electrons. The third-order valence-electron chi connectivity index (χ3n) is 3.54. The van der Waals surface area contributed by atoms with Crippen LogP contribution in [0, 0.1) is 5.82 Å². The van der Waals surface area contributed by atoms with Crippen LogP contribution in [-0.4, -0.2) is 50.4 Å². The Balaban J connectivity index is 1.87. The minimum atomic E-state index is -0.692. The average molecular weight is 420 g/mol. The van der Waals surface area contributed by atoms with Crippen molar-refractivity contribution in [3.05, 3.63) is 59.9 Å². The smallest absolute Gasteiger partial charge is 0.339 e. The van der Waals surface area contributed by atoms with Crippen LogP contribution in [-0.2, 0) is 19.1 Å². The van der Waals surface area contributed by atoms with E-state index in [0.717, 1.165) is 6.07 Å². The van der Waals surface area contributed by atoms with Gasteiger partial charge in [-0.25, -0.2) is 9.18 Å². The first kappa shape index (κ1) is 22.4. The third kappa shape index (κ3) is 7.92. The van der Waals surface area contributed by atoms with Gasteiger partial charge in [-0.15, -0.1) is 11.8 Å². The molecule has 7 nitrogen and oxygen atoms in total. The molecule has 0 fully saturated rings. The van der Waals surface area contributed by atoms with Crippen LogP contribution < -0.4 is 10.6 Å². The highest BCUT2D eigenvalue weighted by Gasteiger charge is 2.15. The molecule has 0 bridgehead atoms. The molecule has 0 aliphatic heterocycles. The molecule has 0 heterocycles. The zero-order chi connectivity index (χ0) is 21.1. The van der Waals surface area contributed by atoms with Gasteiger partial charge in [-0.2, -0.15) is 0 Å². The molecule has 0 atom stereocenters. The largest absolute Gasteiger partial charge is 0.452 e. The molecule has 0 saturated heterocycles. The highest BCUT2D eigenvalue weighted by atomic mass is 32.2. The van der Waals surface area contributed by atoms with Gasteiger partial charge in [0, 0.05) is 24.2 Å². The molecule has 0 aromatic heterocycles. The number of amides is 2. The molecule has 0 spiro atoms. The van der Waals surface area contributed by atoms with Crippen LogP contribution in [0.25, 0.3) is 0 Å². The van der Waals surface area contributed by atoms with Crippen LogP contribution in [0.15, 0.2) is 53.4 Å². The minimum absolute atomic E-state index is 0.119. The lowest BCUT2D eigenvalue weighted by Gasteiger charge is -2.10. The Bertz CT molecular complexity index is 862. The maximum atomic E-state index is 13.1. The van der Waals surface area contributed by atoms with Gasteiger partial charge >= 0.3 is 5.97 Å². The van der Waals surface area contributed by atoms with Crippen molar-refractivity contribution in [3.8, 4) is 0 Å². The monoisotopic (exact) mass is 420 g/mol. The molecule has 2 N–H and O–H groups in total. The standard InChI is InChI=1S/C20H21FN2O5S/c1-27-10-9-22-19(25)13-29-17-8-3-2-7-16(17)20(26)28-12-18(24)23-15-6-4-5-14(21)11-15/h2-8,11H,9-10,12-13H2,1H3,(H,22,25)(H,23,24). The summed E-state index contributed by atoms with van der Waals surface area (Å²) in [6.07, 6.45) is 0. The Kier molecular flexibility index (Phi) is 9.13. The number of benzene rings is 2. The summed E-state index contributed by atoms with van der Waals surface area (Å²) in [5, 5.41) is 5.13. The first-order valence-electron chi connectivity index (χ1n) is 8.69. The lowest BCUT2D eigenvalue weighted by Crippen LogP contribution is -2.28. The summed E-state index contributed by atoms with van der Waals surface area (Å²) in [4.78, 5) is 36.6. The Labute approximate surface area is 172 Å². The SMILES string of the molecule is COCCNC(=O)CSc1ccccc1C(=O)OCC(=O)Nc1cccc(F)c1. The van der Waals surface area contributed by atoms with Gasteiger partial charge in [-0.1, -0.05) is 18.2 Å². The molecule has 0 aliphatic rings. The number of carbonyl (C=O) groups excluding carboxylic acids is 3. The summed E-state index contributed by atoms with van der Waals surface area (Å²) in [7, 11) is 1.54. The second kappa shape index (κ2) is 11.8. The van der Waals surface area contributed by atoms with Crippen molar-refractivity contribution in [2.45, 2.75) is 4.90 Å². The number of carbonyl (C=O) groups is 3. The molecule has 0 unspecified atom stereocenters. The number of methoxy groups -OCH3 is 1. The van der Waals surface area contributed by atoms with Crippen LogP contribution >= 0.6 is 11.8 Å². The van der Waals surface area contributed by atoms with Gasteiger partial charge in [0.1, 0.15) is 5.82 Å². The normalized spacial score (nSPS) is 10.3. The molecule has 154 valence electrons. The molecular formula is C20H21FN2O5S. The van der Waals surface area contributed by atoms with E-state index in [2.05, 4.69) is 10.6 Å². The third-order valence-corrected chi connectivity index (χ3v) is 4.61. The van der Waals surface area contributed by atoms with E-state index in [1.54, 1.807) is 31.4 Å². The van der Waals surface area contributed by atoms with Gasteiger partial charge in [-0.3, -0.25) is 9.59 Å². The van der Waals surface area contributed by atoms with E-state index < -0.39 is 24.3 Å². The molecule has 2 aromatic rings. The average Bonchev–Trinajstić information content (AvgIpc) is 2.71. The molecular weight excluding hydrogens is 399 g/mol. The van der Waals surface area contributed by atoms with Crippen molar-refractivity contribution < 1.29 is 28.2 Å². The van der Waals surface area contributed by atoms with Crippen LogP contribution in [0.5, 0.6) is 0 Å². The predicted octanol–water partition coefficient (Wildman–Crippen LogP) is 2.48. The summed E-state index contributed by atoms with van der Waals surface area (Å²) < 4.78 is 23.0. The summed E-state index contributed by atoms with van der Waals surface area (Å²) in [6, 6.07) is 12.0. The first-order valence-corrected chi connectivity index (χ1v) is 9.68. The minimum Gasteiger partial charge on any atom is -0.452 e. The van der Waals surface area contributed by atoms with Crippen molar-refractivity contribution in [3.63, 3.8) is 0 Å². The zero-order valence-corrected chi connectivity index (χ0v) is 16.6. The van der Waals surface area contributed by atoms with E-state index in [1.165, 1.54) is 30.0 Å². The fraction of sp³-hybridized carbons (Fsp3) is 0.250. The Morgan fingerprint density at radius 3 is 2.62 bits per heavy atom. The molecule has 0 saturated carbocycles. The van der Waals surface area contributed by atoms with Gasteiger partial charge in [0.2, 0.25) is 5.91 Å². The maximum absolute atomic E-state index is 13.1. The molecule has 2 rings (SSSR count). The van der Waals surface area contributed by atoms with Crippen molar-refractivity contribution in [1.29, 1.82) is 0 Å². The highest BCUT2D eigenvalue weighted by molar-refractivity contribution is 8.00. The van der Waals surface area contributed by atoms with Crippen LogP contribution in [0.1, 0.15) is 10.4 Å². The molecule has 2 aromatic carbocycles. The summed E-state index contributed by atoms with van der Waals surface area (Å²) in [5.74, 6) is -1.84. The number of hydrogen-bond donors (Lipinski definition) is 2. The number of hydrogen-bond acceptors (Lipinski definition) is 6. The van der Waals surface area contributed by atoms with Crippen molar-refractivity contribution in [2.75, 3.05) is 37.9 Å². The number of esters is 1. The zero-order valence-electron chi connectivity index (χ0n) is 15.8. The van der Waals surface area contributed by atoms with E-state index in [-0.39, 0.29) is 22.9 Å². The Hall–Kier alpha value is -2.91. The van der Waals surface area contributed by atoms with Gasteiger partial charge in [-0.05, 0) is 30.3 Å². The van der Waals surface area contributed by atoms with E-state index in [4.69, 9.17) is 9.47 Å². The van der Waals surface area contributed by atoms with Gasteiger partial charge < -0.3 is 20.1 Å². The summed E-state index contributed by atoms with van der Waals surface area (Å²) >= 11 is 1.18. The highest BCUT2D eigenvalue weighted by Crippen LogP contribution is 2.23. The van der Waals surface area contributed by atoms with E-state index >= 15 is 0 Å². The maximum Gasteiger partial charge on any atom is 0.339 e. The van der Waals surface area contributed by atoms with Gasteiger partial charge in [0.25, 0.3) is 5.91 Å². The predicted molar refractivity (Wildman–Crippen MR) is 107 cm³/mol. The fourth-order valence-electron chi connectivity index (χ4n) is 2.22. The second-order valence-corrected chi connectivity index (χ2v) is 6.78. The van der Waals surface area contributed by atoms with Gasteiger partial charge in [0.15, 0.2) is 6.61 Å². The first-order chi connectivity index (χ1) is 14.0. The number of anilines is 1. The van der Waals surface area contributed by atoms with Crippen molar-refractivity contribution in [2.24, 2.45) is 0 Å². The van der Waals surface area contributed by atoms with Crippen LogP contribution in [0.3, 0.4) is 0 Å². The molecule has 9 heteroatoms. The van der Waals surface area contributed by atoms with Crippen LogP contribution in [0.2, 0.25) is 0 Å². The summed E-state index contributed by atoms with van der Waals surface area (Å²) in [5.41, 5.74) is 0.516. The molecule has 2 amide bonds. The summed E-state index contributed by atoms with van der Waals surface area (Å²) in [6.45, 7) is 0.295. The fourth-order valence-corrected chi connectivity index (χ4v) is 3.09. The topological polar surface area (TPSA) is 93.7 Å². The Morgan fingerprint density at radius 1 is 1.07 bits per heavy atom. The number of thioether (sulfide) groups is 1. The van der Waals surface area contributed by atoms with Gasteiger partial charge in [0.05, 0.1) is 17.9 Å². The number of nitrogens with one attached hydrogen (secondary N) is 2. The van der Waals surface area contributed by atoms with Crippen LogP contribution in [0.4, 0.5) is 10.1 Å². The lowest BCUT2D eigenvalue weighted by atomic mass is 10.2. The lowest BCUT2D eigenvalue weighted by molar-refractivity contribution is -0.119. The molecule has 29 heavy (non-hydrogen) atoms. The number of rotatable bonds is 10.